The summed E-state index contributed by atoms with van der Waals surface area (Å²) < 4.78 is 11.6. The lowest BCUT2D eigenvalue weighted by atomic mass is 9.90. The molecule has 6 nitrogen and oxygen atoms in total. The number of fused-ring (bicyclic) bond motifs is 1. The van der Waals surface area contributed by atoms with Gasteiger partial charge in [-0.2, -0.15) is 0 Å². The standard InChI is InChI=1S/C23H26N2O4/c26-22(25-14-15-28-21-13-7-5-11-19(21)25)16-29-20-12-6-4-10-18(20)23(27)24-17-8-2-1-3-9-17/h1-4,6,8-10,12,19,21H,5,7,11,13-16H2,(H,24,27)/t19-,21-/m1/s1. The van der Waals surface area contributed by atoms with E-state index in [0.29, 0.717) is 30.2 Å². The Morgan fingerprint density at radius 2 is 1.79 bits per heavy atom. The van der Waals surface area contributed by atoms with Crippen molar-refractivity contribution in [2.24, 2.45) is 0 Å². The average molecular weight is 394 g/mol. The Labute approximate surface area is 170 Å². The molecule has 0 bridgehead atoms. The van der Waals surface area contributed by atoms with Gasteiger partial charge in [0.15, 0.2) is 6.61 Å². The number of ether oxygens (including phenoxy) is 2. The summed E-state index contributed by atoms with van der Waals surface area (Å²) in [7, 11) is 0. The molecular formula is C23H26N2O4. The molecular weight excluding hydrogens is 368 g/mol. The normalized spacial score (nSPS) is 21.2. The fourth-order valence-electron chi connectivity index (χ4n) is 4.13. The molecule has 0 radical (unpaired) electrons. The van der Waals surface area contributed by atoms with Crippen molar-refractivity contribution >= 4 is 17.5 Å². The zero-order valence-electron chi connectivity index (χ0n) is 16.4. The summed E-state index contributed by atoms with van der Waals surface area (Å²) in [6.45, 7) is 1.08. The third-order valence-corrected chi connectivity index (χ3v) is 5.57. The molecule has 6 heteroatoms. The van der Waals surface area contributed by atoms with Crippen LogP contribution >= 0.6 is 0 Å². The van der Waals surface area contributed by atoms with Crippen LogP contribution in [0, 0.1) is 0 Å². The molecule has 1 saturated carbocycles. The Morgan fingerprint density at radius 3 is 2.66 bits per heavy atom. The largest absolute Gasteiger partial charge is 0.483 e. The van der Waals surface area contributed by atoms with Crippen LogP contribution in [0.25, 0.3) is 0 Å². The van der Waals surface area contributed by atoms with E-state index < -0.39 is 0 Å². The Hall–Kier alpha value is -2.86. The second-order valence-corrected chi connectivity index (χ2v) is 7.45. The third-order valence-electron chi connectivity index (χ3n) is 5.57. The maximum atomic E-state index is 12.8. The van der Waals surface area contributed by atoms with Crippen LogP contribution in [0.4, 0.5) is 5.69 Å². The van der Waals surface area contributed by atoms with E-state index in [9.17, 15) is 9.59 Å². The minimum absolute atomic E-state index is 0.0523. The van der Waals surface area contributed by atoms with Gasteiger partial charge in [0.25, 0.3) is 11.8 Å². The summed E-state index contributed by atoms with van der Waals surface area (Å²) in [4.78, 5) is 27.4. The first kappa shape index (κ1) is 19.5. The minimum Gasteiger partial charge on any atom is -0.483 e. The first-order valence-corrected chi connectivity index (χ1v) is 10.2. The van der Waals surface area contributed by atoms with Crippen molar-refractivity contribution in [1.29, 1.82) is 0 Å². The topological polar surface area (TPSA) is 67.9 Å². The van der Waals surface area contributed by atoms with Gasteiger partial charge in [-0.3, -0.25) is 9.59 Å². The number of anilines is 1. The molecule has 1 N–H and O–H groups in total. The number of nitrogens with one attached hydrogen (secondary N) is 1. The van der Waals surface area contributed by atoms with Crippen LogP contribution in [0.2, 0.25) is 0 Å². The smallest absolute Gasteiger partial charge is 0.260 e. The summed E-state index contributed by atoms with van der Waals surface area (Å²) in [5, 5.41) is 2.86. The van der Waals surface area contributed by atoms with Gasteiger partial charge in [-0.25, -0.2) is 0 Å². The number of hydrogen-bond acceptors (Lipinski definition) is 4. The molecule has 2 atom stereocenters. The lowest BCUT2D eigenvalue weighted by Gasteiger charge is -2.43. The molecule has 2 aromatic rings. The predicted molar refractivity (Wildman–Crippen MR) is 110 cm³/mol. The Morgan fingerprint density at radius 1 is 1.03 bits per heavy atom. The maximum Gasteiger partial charge on any atom is 0.260 e. The van der Waals surface area contributed by atoms with E-state index in [2.05, 4.69) is 5.32 Å². The molecule has 2 aliphatic rings. The SMILES string of the molecule is O=C(Nc1ccccc1)c1ccccc1OCC(=O)N1CCO[C@@H]2CCCC[C@H]21. The van der Waals surface area contributed by atoms with Gasteiger partial charge in [0.05, 0.1) is 24.3 Å². The van der Waals surface area contributed by atoms with Gasteiger partial charge in [0.2, 0.25) is 0 Å². The fraction of sp³-hybridized carbons (Fsp3) is 0.391. The Bertz CT molecular complexity index is 853. The van der Waals surface area contributed by atoms with Crippen LogP contribution in [0.3, 0.4) is 0 Å². The Balaban J connectivity index is 1.41. The fourth-order valence-corrected chi connectivity index (χ4v) is 4.13. The van der Waals surface area contributed by atoms with Crippen LogP contribution in [-0.2, 0) is 9.53 Å². The highest BCUT2D eigenvalue weighted by atomic mass is 16.5. The first-order valence-electron chi connectivity index (χ1n) is 10.2. The summed E-state index contributed by atoms with van der Waals surface area (Å²) >= 11 is 0. The van der Waals surface area contributed by atoms with Gasteiger partial charge in [-0.1, -0.05) is 43.2 Å². The molecule has 0 unspecified atom stereocenters. The molecule has 152 valence electrons. The molecule has 0 aromatic heterocycles. The number of amides is 2. The van der Waals surface area contributed by atoms with Crippen molar-refractivity contribution in [2.45, 2.75) is 37.8 Å². The Kier molecular flexibility index (Phi) is 6.10. The molecule has 4 rings (SSSR count). The van der Waals surface area contributed by atoms with E-state index in [1.54, 1.807) is 24.3 Å². The highest BCUT2D eigenvalue weighted by molar-refractivity contribution is 6.06. The van der Waals surface area contributed by atoms with Crippen LogP contribution in [0.5, 0.6) is 5.75 Å². The monoisotopic (exact) mass is 394 g/mol. The maximum absolute atomic E-state index is 12.8. The zero-order chi connectivity index (χ0) is 20.1. The van der Waals surface area contributed by atoms with Crippen molar-refractivity contribution in [1.82, 2.24) is 4.90 Å². The van der Waals surface area contributed by atoms with E-state index in [1.807, 2.05) is 35.2 Å². The van der Waals surface area contributed by atoms with Crippen molar-refractivity contribution in [3.8, 4) is 5.75 Å². The molecule has 0 spiro atoms. The van der Waals surface area contributed by atoms with Gasteiger partial charge < -0.3 is 19.7 Å². The molecule has 1 aliphatic carbocycles. The summed E-state index contributed by atoms with van der Waals surface area (Å²) in [5.41, 5.74) is 1.11. The number of para-hydroxylation sites is 2. The van der Waals surface area contributed by atoms with E-state index in [4.69, 9.17) is 9.47 Å². The molecule has 2 amide bonds. The number of carbonyl (C=O) groups is 2. The van der Waals surface area contributed by atoms with Crippen molar-refractivity contribution in [2.75, 3.05) is 25.1 Å². The molecule has 1 heterocycles. The van der Waals surface area contributed by atoms with Crippen LogP contribution < -0.4 is 10.1 Å². The highest BCUT2D eigenvalue weighted by Crippen LogP contribution is 2.28. The van der Waals surface area contributed by atoms with Gasteiger partial charge in [0.1, 0.15) is 5.75 Å². The lowest BCUT2D eigenvalue weighted by molar-refractivity contribution is -0.151. The van der Waals surface area contributed by atoms with Crippen molar-refractivity contribution in [3.63, 3.8) is 0 Å². The van der Waals surface area contributed by atoms with E-state index in [1.165, 1.54) is 0 Å². The average Bonchev–Trinajstić information content (AvgIpc) is 2.78. The van der Waals surface area contributed by atoms with Crippen molar-refractivity contribution < 1.29 is 19.1 Å². The molecule has 1 saturated heterocycles. The number of nitrogens with zero attached hydrogens (tertiary/aromatic N) is 1. The van der Waals surface area contributed by atoms with Gasteiger partial charge in [-0.05, 0) is 37.1 Å². The van der Waals surface area contributed by atoms with Crippen LogP contribution in [-0.4, -0.2) is 48.6 Å². The zero-order valence-corrected chi connectivity index (χ0v) is 16.4. The first-order chi connectivity index (χ1) is 14.2. The summed E-state index contributed by atoms with van der Waals surface area (Å²) in [6.07, 6.45) is 4.41. The van der Waals surface area contributed by atoms with Crippen LogP contribution in [0.1, 0.15) is 36.0 Å². The number of benzene rings is 2. The van der Waals surface area contributed by atoms with Gasteiger partial charge in [0, 0.05) is 12.2 Å². The molecule has 2 aromatic carbocycles. The minimum atomic E-state index is -0.266. The van der Waals surface area contributed by atoms with Gasteiger partial charge in [-0.15, -0.1) is 0 Å². The highest BCUT2D eigenvalue weighted by Gasteiger charge is 2.36. The van der Waals surface area contributed by atoms with E-state index in [-0.39, 0.29) is 30.6 Å². The number of rotatable bonds is 5. The summed E-state index contributed by atoms with van der Waals surface area (Å²) in [6, 6.07) is 16.4. The van der Waals surface area contributed by atoms with E-state index in [0.717, 1.165) is 25.7 Å². The number of hydrogen-bond donors (Lipinski definition) is 1. The van der Waals surface area contributed by atoms with Gasteiger partial charge >= 0.3 is 0 Å². The van der Waals surface area contributed by atoms with E-state index >= 15 is 0 Å². The lowest BCUT2D eigenvalue weighted by Crippen LogP contribution is -2.55. The third kappa shape index (κ3) is 4.59. The van der Waals surface area contributed by atoms with Crippen LogP contribution in [0.15, 0.2) is 54.6 Å². The number of morpholine rings is 1. The summed E-state index contributed by atoms with van der Waals surface area (Å²) in [5.74, 6) is 0.0872. The number of carbonyl (C=O) groups excluding carboxylic acids is 2. The molecule has 2 fully saturated rings. The second-order valence-electron chi connectivity index (χ2n) is 7.45. The molecule has 1 aliphatic heterocycles. The quantitative estimate of drug-likeness (QED) is 0.843. The second kappa shape index (κ2) is 9.09. The van der Waals surface area contributed by atoms with Crippen molar-refractivity contribution in [3.05, 3.63) is 60.2 Å². The molecule has 29 heavy (non-hydrogen) atoms. The predicted octanol–water partition coefficient (Wildman–Crippen LogP) is 3.49.